The third kappa shape index (κ3) is 3.60. The van der Waals surface area contributed by atoms with Crippen LogP contribution in [-0.4, -0.2) is 54.7 Å². The molecule has 0 amide bonds. The van der Waals surface area contributed by atoms with Crippen molar-refractivity contribution in [1.82, 2.24) is 15.1 Å². The number of nitrogens with one attached hydrogen (secondary N) is 1. The molecule has 1 aliphatic heterocycles. The summed E-state index contributed by atoms with van der Waals surface area (Å²) in [4.78, 5) is 4.64. The molecule has 110 valence electrons. The van der Waals surface area contributed by atoms with Crippen LogP contribution < -0.4 is 5.32 Å². The van der Waals surface area contributed by atoms with E-state index in [0.29, 0.717) is 16.9 Å². The summed E-state index contributed by atoms with van der Waals surface area (Å²) in [5, 5.41) is 4.39. The van der Waals surface area contributed by atoms with Crippen molar-refractivity contribution in [2.75, 3.05) is 33.7 Å². The van der Waals surface area contributed by atoms with Gasteiger partial charge in [-0.3, -0.25) is 0 Å². The van der Waals surface area contributed by atoms with Gasteiger partial charge in [-0.15, -0.1) is 0 Å². The fourth-order valence-electron chi connectivity index (χ4n) is 4.19. The zero-order valence-corrected chi connectivity index (χ0v) is 13.9. The molecule has 0 aromatic carbocycles. The van der Waals surface area contributed by atoms with Crippen LogP contribution in [0, 0.1) is 10.8 Å². The number of hydrogen-bond donors (Lipinski definition) is 1. The van der Waals surface area contributed by atoms with Crippen LogP contribution in [0.2, 0.25) is 0 Å². The Balaban J connectivity index is 1.93. The van der Waals surface area contributed by atoms with E-state index >= 15 is 0 Å². The van der Waals surface area contributed by atoms with E-state index in [1.165, 1.54) is 19.3 Å². The molecule has 1 aliphatic carbocycles. The summed E-state index contributed by atoms with van der Waals surface area (Å²) in [5.74, 6) is 0. The summed E-state index contributed by atoms with van der Waals surface area (Å²) in [6.07, 6.45) is 3.91. The van der Waals surface area contributed by atoms with Crippen LogP contribution in [0.5, 0.6) is 0 Å². The molecular formula is C15H29N3S. The minimum absolute atomic E-state index is 0.458. The summed E-state index contributed by atoms with van der Waals surface area (Å²) < 4.78 is 0. The smallest absolute Gasteiger partial charge is 0.169 e. The highest BCUT2D eigenvalue weighted by molar-refractivity contribution is 7.80. The predicted molar refractivity (Wildman–Crippen MR) is 85.4 cm³/mol. The van der Waals surface area contributed by atoms with Crippen molar-refractivity contribution in [3.8, 4) is 0 Å². The van der Waals surface area contributed by atoms with Crippen molar-refractivity contribution >= 4 is 17.3 Å². The molecule has 2 bridgehead atoms. The Labute approximate surface area is 123 Å². The van der Waals surface area contributed by atoms with Crippen LogP contribution >= 0.6 is 12.2 Å². The normalized spacial score (nSPS) is 32.7. The topological polar surface area (TPSA) is 18.5 Å². The second kappa shape index (κ2) is 5.21. The quantitative estimate of drug-likeness (QED) is 0.801. The molecule has 0 radical (unpaired) electrons. The average Bonchev–Trinajstić information content (AvgIpc) is 2.47. The Kier molecular flexibility index (Phi) is 4.12. The molecule has 1 saturated carbocycles. The van der Waals surface area contributed by atoms with Gasteiger partial charge in [-0.2, -0.15) is 0 Å². The van der Waals surface area contributed by atoms with Gasteiger partial charge in [0.05, 0.1) is 0 Å². The minimum atomic E-state index is 0.458. The Morgan fingerprint density at radius 2 is 2.00 bits per heavy atom. The molecule has 1 saturated heterocycles. The van der Waals surface area contributed by atoms with Crippen molar-refractivity contribution in [1.29, 1.82) is 0 Å². The van der Waals surface area contributed by atoms with Gasteiger partial charge in [0.2, 0.25) is 0 Å². The first kappa shape index (κ1) is 15.0. The Morgan fingerprint density at radius 1 is 1.32 bits per heavy atom. The molecule has 0 aromatic rings. The molecule has 2 atom stereocenters. The fraction of sp³-hybridized carbons (Fsp3) is 0.933. The molecule has 2 rings (SSSR count). The molecule has 0 aromatic heterocycles. The summed E-state index contributed by atoms with van der Waals surface area (Å²) in [6.45, 7) is 10.3. The second-order valence-electron chi connectivity index (χ2n) is 7.88. The maximum Gasteiger partial charge on any atom is 0.169 e. The van der Waals surface area contributed by atoms with Gasteiger partial charge in [0.25, 0.3) is 0 Å². The van der Waals surface area contributed by atoms with Crippen molar-refractivity contribution < 1.29 is 0 Å². The van der Waals surface area contributed by atoms with Gasteiger partial charge in [-0.25, -0.2) is 0 Å². The van der Waals surface area contributed by atoms with Crippen molar-refractivity contribution in [2.45, 2.75) is 46.1 Å². The van der Waals surface area contributed by atoms with Crippen LogP contribution in [0.3, 0.4) is 0 Å². The van der Waals surface area contributed by atoms with E-state index in [9.17, 15) is 0 Å². The van der Waals surface area contributed by atoms with Crippen molar-refractivity contribution in [2.24, 2.45) is 10.8 Å². The van der Waals surface area contributed by atoms with E-state index in [1.54, 1.807) is 0 Å². The molecular weight excluding hydrogens is 254 g/mol. The molecule has 1 heterocycles. The van der Waals surface area contributed by atoms with Gasteiger partial charge in [-0.05, 0) is 56.4 Å². The number of nitrogens with zero attached hydrogens (tertiary/aromatic N) is 2. The Morgan fingerprint density at radius 3 is 2.63 bits per heavy atom. The molecule has 2 fully saturated rings. The summed E-state index contributed by atoms with van der Waals surface area (Å²) in [5.41, 5.74) is 0.922. The number of fused-ring (bicyclic) bond motifs is 2. The third-order valence-corrected chi connectivity index (χ3v) is 4.89. The molecule has 1 N–H and O–H groups in total. The summed E-state index contributed by atoms with van der Waals surface area (Å²) in [6, 6.07) is 0.646. The lowest BCUT2D eigenvalue weighted by Crippen LogP contribution is -2.45. The molecule has 4 heteroatoms. The summed E-state index contributed by atoms with van der Waals surface area (Å²) in [7, 11) is 4.19. The van der Waals surface area contributed by atoms with Gasteiger partial charge in [-0.1, -0.05) is 20.8 Å². The number of hydrogen-bond acceptors (Lipinski definition) is 2. The standard InChI is InChI=1S/C15H29N3S/c1-14(2)8-12-9-15(3,10-14)11-18(12)13(19)16-6-7-17(4)5/h12H,6-11H2,1-5H3,(H,16,19). The summed E-state index contributed by atoms with van der Waals surface area (Å²) >= 11 is 5.61. The first-order chi connectivity index (χ1) is 8.71. The van der Waals surface area contributed by atoms with E-state index in [1.807, 2.05) is 0 Å². The average molecular weight is 283 g/mol. The monoisotopic (exact) mass is 283 g/mol. The molecule has 0 spiro atoms. The third-order valence-electron chi connectivity index (χ3n) is 4.51. The predicted octanol–water partition coefficient (Wildman–Crippen LogP) is 2.32. The van der Waals surface area contributed by atoms with Gasteiger partial charge >= 0.3 is 0 Å². The number of thiocarbonyl (C=S) groups is 1. The molecule has 2 unspecified atom stereocenters. The largest absolute Gasteiger partial charge is 0.361 e. The van der Waals surface area contributed by atoms with E-state index in [2.05, 4.69) is 50.0 Å². The van der Waals surface area contributed by atoms with E-state index in [4.69, 9.17) is 12.2 Å². The van der Waals surface area contributed by atoms with Gasteiger partial charge in [0, 0.05) is 25.7 Å². The van der Waals surface area contributed by atoms with Gasteiger partial charge in [0.1, 0.15) is 0 Å². The van der Waals surface area contributed by atoms with Gasteiger partial charge < -0.3 is 15.1 Å². The molecule has 2 aliphatic rings. The lowest BCUT2D eigenvalue weighted by atomic mass is 9.65. The minimum Gasteiger partial charge on any atom is -0.361 e. The number of likely N-dealkylation sites (tertiary alicyclic amines) is 1. The number of rotatable bonds is 3. The highest BCUT2D eigenvalue weighted by Crippen LogP contribution is 2.52. The highest BCUT2D eigenvalue weighted by Gasteiger charge is 2.50. The SMILES string of the molecule is CN(C)CCNC(=S)N1CC2(C)CC1CC(C)(C)C2. The van der Waals surface area contributed by atoms with Crippen LogP contribution in [0.1, 0.15) is 40.0 Å². The zero-order chi connectivity index (χ0) is 14.3. The van der Waals surface area contributed by atoms with Crippen LogP contribution in [0.4, 0.5) is 0 Å². The van der Waals surface area contributed by atoms with Crippen molar-refractivity contribution in [3.63, 3.8) is 0 Å². The van der Waals surface area contributed by atoms with Gasteiger partial charge in [0.15, 0.2) is 5.11 Å². The first-order valence-electron chi connectivity index (χ1n) is 7.40. The number of likely N-dealkylation sites (N-methyl/N-ethyl adjacent to an activating group) is 1. The maximum atomic E-state index is 5.61. The Hall–Kier alpha value is -0.350. The van der Waals surface area contributed by atoms with Crippen molar-refractivity contribution in [3.05, 3.63) is 0 Å². The van der Waals surface area contributed by atoms with E-state index in [-0.39, 0.29) is 0 Å². The fourth-order valence-corrected chi connectivity index (χ4v) is 4.50. The van der Waals surface area contributed by atoms with E-state index in [0.717, 1.165) is 24.7 Å². The Bertz CT molecular complexity index is 353. The first-order valence-corrected chi connectivity index (χ1v) is 7.81. The lowest BCUT2D eigenvalue weighted by molar-refractivity contribution is 0.132. The van der Waals surface area contributed by atoms with E-state index < -0.39 is 0 Å². The van der Waals surface area contributed by atoms with Crippen LogP contribution in [0.15, 0.2) is 0 Å². The molecule has 3 nitrogen and oxygen atoms in total. The lowest BCUT2D eigenvalue weighted by Gasteiger charge is -2.39. The molecule has 19 heavy (non-hydrogen) atoms. The highest BCUT2D eigenvalue weighted by atomic mass is 32.1. The van der Waals surface area contributed by atoms with Crippen LogP contribution in [0.25, 0.3) is 0 Å². The second-order valence-corrected chi connectivity index (χ2v) is 8.26. The zero-order valence-electron chi connectivity index (χ0n) is 13.1. The maximum absolute atomic E-state index is 5.61. The van der Waals surface area contributed by atoms with Crippen LogP contribution in [-0.2, 0) is 0 Å².